The minimum atomic E-state index is -0.264. The van der Waals surface area contributed by atoms with Crippen LogP contribution in [0.3, 0.4) is 0 Å². The van der Waals surface area contributed by atoms with Gasteiger partial charge in [-0.15, -0.1) is 0 Å². The summed E-state index contributed by atoms with van der Waals surface area (Å²) in [4.78, 5) is 17.0. The van der Waals surface area contributed by atoms with Crippen molar-refractivity contribution < 1.29 is 19.4 Å². The van der Waals surface area contributed by atoms with Crippen molar-refractivity contribution in [2.24, 2.45) is 0 Å². The summed E-state index contributed by atoms with van der Waals surface area (Å²) >= 11 is 0. The number of nitrogens with zero attached hydrogens (tertiary/aromatic N) is 2. The van der Waals surface area contributed by atoms with E-state index >= 15 is 0 Å². The van der Waals surface area contributed by atoms with Crippen molar-refractivity contribution in [2.75, 3.05) is 50.6 Å². The third kappa shape index (κ3) is 4.31. The van der Waals surface area contributed by atoms with Crippen LogP contribution < -0.4 is 19.7 Å². The van der Waals surface area contributed by atoms with Crippen molar-refractivity contribution in [3.63, 3.8) is 0 Å². The summed E-state index contributed by atoms with van der Waals surface area (Å²) in [6.45, 7) is 4.91. The Morgan fingerprint density at radius 2 is 1.71 bits per heavy atom. The van der Waals surface area contributed by atoms with E-state index in [9.17, 15) is 9.90 Å². The first-order chi connectivity index (χ1) is 13.5. The summed E-state index contributed by atoms with van der Waals surface area (Å²) in [5.41, 5.74) is 1.51. The number of carbonyl (C=O) groups is 1. The predicted molar refractivity (Wildman–Crippen MR) is 110 cm³/mol. The Hall–Kier alpha value is -2.93. The minimum Gasteiger partial charge on any atom is -0.506 e. The van der Waals surface area contributed by atoms with E-state index in [-0.39, 0.29) is 17.7 Å². The van der Waals surface area contributed by atoms with Crippen molar-refractivity contribution in [3.05, 3.63) is 42.5 Å². The zero-order chi connectivity index (χ0) is 20.1. The molecule has 1 heterocycles. The normalized spacial score (nSPS) is 15.8. The number of anilines is 2. The Morgan fingerprint density at radius 1 is 1.04 bits per heavy atom. The highest BCUT2D eigenvalue weighted by Crippen LogP contribution is 2.30. The van der Waals surface area contributed by atoms with Gasteiger partial charge in [-0.05, 0) is 31.2 Å². The van der Waals surface area contributed by atoms with Crippen molar-refractivity contribution in [1.29, 1.82) is 0 Å². The van der Waals surface area contributed by atoms with Gasteiger partial charge in [0.05, 0.1) is 25.9 Å². The van der Waals surface area contributed by atoms with Crippen molar-refractivity contribution in [2.45, 2.75) is 13.0 Å². The molecule has 2 N–H and O–H groups in total. The molecule has 1 aliphatic heterocycles. The van der Waals surface area contributed by atoms with Crippen LogP contribution in [0.25, 0.3) is 0 Å². The number of phenolic OH excluding ortho intramolecular Hbond substituents is 1. The van der Waals surface area contributed by atoms with Crippen LogP contribution >= 0.6 is 0 Å². The number of nitrogens with one attached hydrogen (secondary N) is 1. The maximum absolute atomic E-state index is 12.7. The third-order valence-electron chi connectivity index (χ3n) is 5.11. The van der Waals surface area contributed by atoms with E-state index < -0.39 is 0 Å². The van der Waals surface area contributed by atoms with Crippen molar-refractivity contribution >= 4 is 17.3 Å². The van der Waals surface area contributed by atoms with Crippen LogP contribution in [0.15, 0.2) is 42.5 Å². The van der Waals surface area contributed by atoms with Crippen LogP contribution in [0.1, 0.15) is 6.92 Å². The fourth-order valence-electron chi connectivity index (χ4n) is 3.41. The molecule has 2 aromatic carbocycles. The first-order valence-corrected chi connectivity index (χ1v) is 9.33. The highest BCUT2D eigenvalue weighted by atomic mass is 16.5. The van der Waals surface area contributed by atoms with Gasteiger partial charge in [-0.25, -0.2) is 0 Å². The lowest BCUT2D eigenvalue weighted by Gasteiger charge is -2.38. The number of benzene rings is 2. The van der Waals surface area contributed by atoms with Gasteiger partial charge in [-0.3, -0.25) is 9.69 Å². The van der Waals surface area contributed by atoms with Gasteiger partial charge in [0, 0.05) is 37.9 Å². The number of hydrogen-bond acceptors (Lipinski definition) is 6. The first-order valence-electron chi connectivity index (χ1n) is 9.33. The van der Waals surface area contributed by atoms with Gasteiger partial charge in [0.25, 0.3) is 0 Å². The van der Waals surface area contributed by atoms with Crippen LogP contribution in [-0.2, 0) is 4.79 Å². The number of amides is 1. The van der Waals surface area contributed by atoms with Crippen molar-refractivity contribution in [1.82, 2.24) is 4.90 Å². The molecule has 1 atom stereocenters. The lowest BCUT2D eigenvalue weighted by molar-refractivity contribution is -0.120. The van der Waals surface area contributed by atoms with E-state index in [4.69, 9.17) is 9.47 Å². The summed E-state index contributed by atoms with van der Waals surface area (Å²) in [5, 5.41) is 13.0. The van der Waals surface area contributed by atoms with Gasteiger partial charge in [-0.2, -0.15) is 0 Å². The quantitative estimate of drug-likeness (QED) is 0.796. The fraction of sp³-hybridized carbons (Fsp3) is 0.381. The van der Waals surface area contributed by atoms with Crippen LogP contribution in [0.2, 0.25) is 0 Å². The molecular weight excluding hydrogens is 358 g/mol. The van der Waals surface area contributed by atoms with Crippen molar-refractivity contribution in [3.8, 4) is 17.2 Å². The molecule has 28 heavy (non-hydrogen) atoms. The molecule has 0 unspecified atom stereocenters. The molecule has 0 aliphatic carbocycles. The molecule has 2 aromatic rings. The van der Waals surface area contributed by atoms with Crippen LogP contribution in [0.5, 0.6) is 17.2 Å². The number of methoxy groups -OCH3 is 2. The Morgan fingerprint density at radius 3 is 2.36 bits per heavy atom. The zero-order valence-electron chi connectivity index (χ0n) is 16.5. The summed E-state index contributed by atoms with van der Waals surface area (Å²) in [6, 6.07) is 12.4. The molecule has 0 spiro atoms. The molecule has 0 bridgehead atoms. The van der Waals surface area contributed by atoms with E-state index in [2.05, 4.69) is 15.1 Å². The second-order valence-corrected chi connectivity index (χ2v) is 6.75. The molecule has 1 amide bonds. The largest absolute Gasteiger partial charge is 0.506 e. The number of para-hydroxylation sites is 2. The van der Waals surface area contributed by atoms with Gasteiger partial charge >= 0.3 is 0 Å². The summed E-state index contributed by atoms with van der Waals surface area (Å²) in [6.07, 6.45) is 0. The molecule has 7 heteroatoms. The summed E-state index contributed by atoms with van der Waals surface area (Å²) < 4.78 is 10.5. The minimum absolute atomic E-state index is 0.0665. The maximum Gasteiger partial charge on any atom is 0.241 e. The third-order valence-corrected chi connectivity index (χ3v) is 5.11. The van der Waals surface area contributed by atoms with Gasteiger partial charge in [0.2, 0.25) is 5.91 Å². The Balaban J connectivity index is 1.58. The molecule has 0 saturated carbocycles. The van der Waals surface area contributed by atoms with Gasteiger partial charge in [-0.1, -0.05) is 12.1 Å². The first kappa shape index (κ1) is 19.8. The number of hydrogen-bond donors (Lipinski definition) is 2. The smallest absolute Gasteiger partial charge is 0.241 e. The second-order valence-electron chi connectivity index (χ2n) is 6.75. The second kappa shape index (κ2) is 8.84. The van der Waals surface area contributed by atoms with E-state index in [0.717, 1.165) is 31.9 Å². The predicted octanol–water partition coefficient (Wildman–Crippen LogP) is 2.56. The number of aromatic hydroxyl groups is 1. The lowest BCUT2D eigenvalue weighted by Crippen LogP contribution is -2.52. The molecule has 1 saturated heterocycles. The summed E-state index contributed by atoms with van der Waals surface area (Å²) in [7, 11) is 3.14. The van der Waals surface area contributed by atoms with E-state index in [1.54, 1.807) is 38.5 Å². The highest BCUT2D eigenvalue weighted by molar-refractivity contribution is 5.94. The van der Waals surface area contributed by atoms with Gasteiger partial charge in [0.1, 0.15) is 5.75 Å². The molecular formula is C21H27N3O4. The maximum atomic E-state index is 12.7. The SMILES string of the molecule is COc1ccc(NC(=O)[C@H](C)N2CCN(c3ccccc3O)CC2)cc1OC. The van der Waals surface area contributed by atoms with Gasteiger partial charge in [0.15, 0.2) is 11.5 Å². The number of piperazine rings is 1. The molecule has 1 aliphatic rings. The van der Waals surface area contributed by atoms with E-state index in [0.29, 0.717) is 17.2 Å². The molecule has 0 radical (unpaired) electrons. The Bertz CT molecular complexity index is 819. The molecule has 150 valence electrons. The number of rotatable bonds is 6. The molecule has 7 nitrogen and oxygen atoms in total. The number of phenols is 1. The molecule has 1 fully saturated rings. The molecule has 0 aromatic heterocycles. The molecule has 3 rings (SSSR count). The average Bonchev–Trinajstić information content (AvgIpc) is 2.73. The Kier molecular flexibility index (Phi) is 6.26. The standard InChI is InChI=1S/C21H27N3O4/c1-15(21(26)22-16-8-9-19(27-2)20(14-16)28-3)23-10-12-24(13-11-23)17-6-4-5-7-18(17)25/h4-9,14-15,25H,10-13H2,1-3H3,(H,22,26)/t15-/m0/s1. The van der Waals surface area contributed by atoms with Gasteiger partial charge < -0.3 is 24.8 Å². The van der Waals surface area contributed by atoms with Crippen LogP contribution in [0.4, 0.5) is 11.4 Å². The average molecular weight is 385 g/mol. The summed E-state index contributed by atoms with van der Waals surface area (Å²) in [5.74, 6) is 1.41. The monoisotopic (exact) mass is 385 g/mol. The Labute approximate surface area is 165 Å². The number of ether oxygens (including phenoxy) is 2. The zero-order valence-corrected chi connectivity index (χ0v) is 16.5. The fourth-order valence-corrected chi connectivity index (χ4v) is 3.41. The number of carbonyl (C=O) groups excluding carboxylic acids is 1. The lowest BCUT2D eigenvalue weighted by atomic mass is 10.2. The van der Waals surface area contributed by atoms with E-state index in [1.807, 2.05) is 25.1 Å². The van der Waals surface area contributed by atoms with Crippen LogP contribution in [0, 0.1) is 0 Å². The topological polar surface area (TPSA) is 74.3 Å². The highest BCUT2D eigenvalue weighted by Gasteiger charge is 2.26. The van der Waals surface area contributed by atoms with E-state index in [1.165, 1.54) is 0 Å². The van der Waals surface area contributed by atoms with Crippen LogP contribution in [-0.4, -0.2) is 62.4 Å².